The molecule has 2 rings (SSSR count). The van der Waals surface area contributed by atoms with Crippen LogP contribution in [0.5, 0.6) is 0 Å². The van der Waals surface area contributed by atoms with Gasteiger partial charge in [-0.1, -0.05) is 17.7 Å². The fourth-order valence-electron chi connectivity index (χ4n) is 1.26. The van der Waals surface area contributed by atoms with Gasteiger partial charge in [0.2, 0.25) is 0 Å². The minimum atomic E-state index is 0.520. The molecule has 0 spiro atoms. The summed E-state index contributed by atoms with van der Waals surface area (Å²) < 4.78 is 1.84. The van der Waals surface area contributed by atoms with Crippen molar-refractivity contribution in [3.8, 4) is 0 Å². The van der Waals surface area contributed by atoms with E-state index in [1.807, 2.05) is 36.1 Å². The zero-order chi connectivity index (χ0) is 9.97. The van der Waals surface area contributed by atoms with E-state index in [9.17, 15) is 0 Å². The Labute approximate surface area is 87.3 Å². The van der Waals surface area contributed by atoms with Crippen LogP contribution in [-0.2, 0) is 6.54 Å². The van der Waals surface area contributed by atoms with Crippen molar-refractivity contribution in [2.24, 2.45) is 0 Å². The maximum atomic E-state index is 5.78. The third-order valence-corrected chi connectivity index (χ3v) is 2.07. The molecule has 0 aromatic carbocycles. The highest BCUT2D eigenvalue weighted by atomic mass is 35.5. The van der Waals surface area contributed by atoms with Gasteiger partial charge in [0.05, 0.1) is 18.4 Å². The first kappa shape index (κ1) is 9.21. The Morgan fingerprint density at radius 2 is 2.29 bits per heavy atom. The molecule has 2 aromatic rings. The van der Waals surface area contributed by atoms with Crippen molar-refractivity contribution in [3.05, 3.63) is 47.0 Å². The molecule has 0 unspecified atom stereocenters. The lowest BCUT2D eigenvalue weighted by Gasteiger charge is -2.00. The number of pyridine rings is 1. The SMILES string of the molecule is Cc1cnn(Cc2cccc(Cl)n2)c1. The molecular formula is C10H10ClN3. The Balaban J connectivity index is 2.18. The average molecular weight is 208 g/mol. The highest BCUT2D eigenvalue weighted by Gasteiger charge is 1.98. The summed E-state index contributed by atoms with van der Waals surface area (Å²) in [5.74, 6) is 0. The first-order chi connectivity index (χ1) is 6.74. The summed E-state index contributed by atoms with van der Waals surface area (Å²) in [4.78, 5) is 4.18. The second-order valence-corrected chi connectivity index (χ2v) is 3.55. The molecule has 0 aliphatic rings. The van der Waals surface area contributed by atoms with Gasteiger partial charge in [-0.25, -0.2) is 4.98 Å². The van der Waals surface area contributed by atoms with Crippen LogP contribution in [0.15, 0.2) is 30.6 Å². The Bertz CT molecular complexity index is 436. The second-order valence-electron chi connectivity index (χ2n) is 3.17. The van der Waals surface area contributed by atoms with E-state index in [-0.39, 0.29) is 0 Å². The largest absolute Gasteiger partial charge is 0.266 e. The van der Waals surface area contributed by atoms with Crippen LogP contribution in [0.25, 0.3) is 0 Å². The standard InChI is InChI=1S/C10H10ClN3/c1-8-5-12-14(6-8)7-9-3-2-4-10(11)13-9/h2-6H,7H2,1H3. The summed E-state index contributed by atoms with van der Waals surface area (Å²) >= 11 is 5.78. The van der Waals surface area contributed by atoms with Crippen LogP contribution in [0.1, 0.15) is 11.3 Å². The molecular weight excluding hydrogens is 198 g/mol. The number of aryl methyl sites for hydroxylation is 1. The number of hydrogen-bond acceptors (Lipinski definition) is 2. The van der Waals surface area contributed by atoms with Gasteiger partial charge in [0.1, 0.15) is 5.15 Å². The minimum Gasteiger partial charge on any atom is -0.266 e. The van der Waals surface area contributed by atoms with E-state index in [2.05, 4.69) is 10.1 Å². The topological polar surface area (TPSA) is 30.7 Å². The van der Waals surface area contributed by atoms with Crippen LogP contribution in [0, 0.1) is 6.92 Å². The monoisotopic (exact) mass is 207 g/mol. The lowest BCUT2D eigenvalue weighted by Crippen LogP contribution is -2.01. The molecule has 0 aliphatic carbocycles. The molecule has 0 saturated carbocycles. The molecule has 0 aliphatic heterocycles. The maximum absolute atomic E-state index is 5.78. The van der Waals surface area contributed by atoms with Crippen molar-refractivity contribution in [1.82, 2.24) is 14.8 Å². The first-order valence-corrected chi connectivity index (χ1v) is 4.72. The van der Waals surface area contributed by atoms with Crippen LogP contribution in [0.3, 0.4) is 0 Å². The van der Waals surface area contributed by atoms with E-state index in [0.29, 0.717) is 11.7 Å². The van der Waals surface area contributed by atoms with Gasteiger partial charge < -0.3 is 0 Å². The molecule has 0 N–H and O–H groups in total. The number of aromatic nitrogens is 3. The van der Waals surface area contributed by atoms with E-state index < -0.39 is 0 Å². The van der Waals surface area contributed by atoms with E-state index in [4.69, 9.17) is 11.6 Å². The molecule has 72 valence electrons. The third-order valence-electron chi connectivity index (χ3n) is 1.86. The van der Waals surface area contributed by atoms with Crippen molar-refractivity contribution in [1.29, 1.82) is 0 Å². The molecule has 4 heteroatoms. The normalized spacial score (nSPS) is 10.4. The van der Waals surface area contributed by atoms with Gasteiger partial charge in [-0.15, -0.1) is 0 Å². The zero-order valence-corrected chi connectivity index (χ0v) is 8.57. The van der Waals surface area contributed by atoms with Crippen LogP contribution in [0.2, 0.25) is 5.15 Å². The molecule has 3 nitrogen and oxygen atoms in total. The van der Waals surface area contributed by atoms with Crippen molar-refractivity contribution in [2.75, 3.05) is 0 Å². The lowest BCUT2D eigenvalue weighted by molar-refractivity contribution is 0.672. The molecule has 14 heavy (non-hydrogen) atoms. The Hall–Kier alpha value is -1.35. The van der Waals surface area contributed by atoms with Gasteiger partial charge in [-0.05, 0) is 24.6 Å². The fourth-order valence-corrected chi connectivity index (χ4v) is 1.44. The quantitative estimate of drug-likeness (QED) is 0.708. The molecule has 0 saturated heterocycles. The summed E-state index contributed by atoms with van der Waals surface area (Å²) in [5.41, 5.74) is 2.06. The van der Waals surface area contributed by atoms with Gasteiger partial charge in [0.25, 0.3) is 0 Å². The molecule has 2 heterocycles. The molecule has 0 bridgehead atoms. The van der Waals surface area contributed by atoms with Gasteiger partial charge in [0.15, 0.2) is 0 Å². The second kappa shape index (κ2) is 3.80. The van der Waals surface area contributed by atoms with Crippen molar-refractivity contribution >= 4 is 11.6 Å². The predicted molar refractivity (Wildman–Crippen MR) is 55.3 cm³/mol. The number of nitrogens with zero attached hydrogens (tertiary/aromatic N) is 3. The number of rotatable bonds is 2. The van der Waals surface area contributed by atoms with Gasteiger partial charge in [0, 0.05) is 6.20 Å². The Kier molecular flexibility index (Phi) is 2.50. The summed E-state index contributed by atoms with van der Waals surface area (Å²) in [7, 11) is 0. The van der Waals surface area contributed by atoms with Crippen molar-refractivity contribution < 1.29 is 0 Å². The smallest absolute Gasteiger partial charge is 0.129 e. The highest BCUT2D eigenvalue weighted by molar-refractivity contribution is 6.29. The van der Waals surface area contributed by atoms with Crippen LogP contribution in [-0.4, -0.2) is 14.8 Å². The predicted octanol–water partition coefficient (Wildman–Crippen LogP) is 2.29. The average Bonchev–Trinajstić information content (AvgIpc) is 2.51. The van der Waals surface area contributed by atoms with Crippen molar-refractivity contribution in [3.63, 3.8) is 0 Å². The molecule has 0 fully saturated rings. The molecule has 0 radical (unpaired) electrons. The Morgan fingerprint density at radius 3 is 2.93 bits per heavy atom. The number of hydrogen-bond donors (Lipinski definition) is 0. The summed E-state index contributed by atoms with van der Waals surface area (Å²) in [6, 6.07) is 5.59. The first-order valence-electron chi connectivity index (χ1n) is 4.34. The summed E-state index contributed by atoms with van der Waals surface area (Å²) in [5, 5.41) is 4.69. The summed E-state index contributed by atoms with van der Waals surface area (Å²) in [6.45, 7) is 2.67. The van der Waals surface area contributed by atoms with E-state index in [0.717, 1.165) is 11.3 Å². The highest BCUT2D eigenvalue weighted by Crippen LogP contribution is 2.06. The van der Waals surface area contributed by atoms with Crippen molar-refractivity contribution in [2.45, 2.75) is 13.5 Å². The van der Waals surface area contributed by atoms with Crippen LogP contribution < -0.4 is 0 Å². The lowest BCUT2D eigenvalue weighted by atomic mass is 10.3. The minimum absolute atomic E-state index is 0.520. The molecule has 0 atom stereocenters. The Morgan fingerprint density at radius 1 is 1.43 bits per heavy atom. The molecule has 0 amide bonds. The van der Waals surface area contributed by atoms with Gasteiger partial charge in [-0.2, -0.15) is 5.10 Å². The number of halogens is 1. The van der Waals surface area contributed by atoms with Gasteiger partial charge in [-0.3, -0.25) is 4.68 Å². The van der Waals surface area contributed by atoms with E-state index in [1.54, 1.807) is 6.07 Å². The van der Waals surface area contributed by atoms with Crippen LogP contribution in [0.4, 0.5) is 0 Å². The fraction of sp³-hybridized carbons (Fsp3) is 0.200. The third kappa shape index (κ3) is 2.12. The van der Waals surface area contributed by atoms with Crippen LogP contribution >= 0.6 is 11.6 Å². The van der Waals surface area contributed by atoms with E-state index in [1.165, 1.54) is 0 Å². The van der Waals surface area contributed by atoms with Gasteiger partial charge >= 0.3 is 0 Å². The zero-order valence-electron chi connectivity index (χ0n) is 7.81. The molecule has 2 aromatic heterocycles. The van der Waals surface area contributed by atoms with E-state index >= 15 is 0 Å². The maximum Gasteiger partial charge on any atom is 0.129 e. The summed E-state index contributed by atoms with van der Waals surface area (Å²) in [6.07, 6.45) is 3.80.